The highest BCUT2D eigenvalue weighted by molar-refractivity contribution is 6.45. The normalized spacial score (nSPS) is 17.4. The summed E-state index contributed by atoms with van der Waals surface area (Å²) in [6.45, 7) is 0.636. The molecule has 128 valence electrons. The summed E-state index contributed by atoms with van der Waals surface area (Å²) in [6, 6.07) is 4.87. The Bertz CT molecular complexity index is 959. The zero-order valence-electron chi connectivity index (χ0n) is 13.1. The van der Waals surface area contributed by atoms with E-state index in [1.54, 1.807) is 23.5 Å². The van der Waals surface area contributed by atoms with Crippen LogP contribution in [0.5, 0.6) is 0 Å². The second-order valence-electron chi connectivity index (χ2n) is 5.92. The Kier molecular flexibility index (Phi) is 4.01. The predicted octanol–water partition coefficient (Wildman–Crippen LogP) is 3.78. The van der Waals surface area contributed by atoms with Crippen molar-refractivity contribution in [2.45, 2.75) is 18.9 Å². The third-order valence-electron chi connectivity index (χ3n) is 4.45. The summed E-state index contributed by atoms with van der Waals surface area (Å²) in [5.41, 5.74) is 1.37. The predicted molar refractivity (Wildman–Crippen MR) is 96.9 cm³/mol. The molecule has 1 aromatic carbocycles. The zero-order valence-corrected chi connectivity index (χ0v) is 14.6. The number of aromatic nitrogens is 3. The highest BCUT2D eigenvalue weighted by Gasteiger charge is 2.32. The zero-order chi connectivity index (χ0) is 17.6. The fourth-order valence-electron chi connectivity index (χ4n) is 3.26. The summed E-state index contributed by atoms with van der Waals surface area (Å²) in [6.07, 6.45) is 6.58. The van der Waals surface area contributed by atoms with E-state index in [1.807, 2.05) is 22.9 Å². The van der Waals surface area contributed by atoms with Crippen LogP contribution in [0.1, 0.15) is 12.8 Å². The summed E-state index contributed by atoms with van der Waals surface area (Å²) in [4.78, 5) is 22.1. The van der Waals surface area contributed by atoms with Crippen molar-refractivity contribution < 1.29 is 9.90 Å². The smallest absolute Gasteiger partial charge is 0.326 e. The lowest BCUT2D eigenvalue weighted by atomic mass is 10.1. The number of carboxylic acid groups (broad SMARTS) is 1. The van der Waals surface area contributed by atoms with Gasteiger partial charge in [-0.1, -0.05) is 23.2 Å². The molecule has 6 nitrogen and oxygen atoms in total. The van der Waals surface area contributed by atoms with Gasteiger partial charge in [-0.15, -0.1) is 0 Å². The lowest BCUT2D eigenvalue weighted by Gasteiger charge is -2.24. The third-order valence-corrected chi connectivity index (χ3v) is 5.25. The number of halogens is 2. The Morgan fingerprint density at radius 1 is 1.32 bits per heavy atom. The van der Waals surface area contributed by atoms with Crippen molar-refractivity contribution in [3.8, 4) is 5.69 Å². The molecule has 0 amide bonds. The van der Waals surface area contributed by atoms with Gasteiger partial charge < -0.3 is 14.6 Å². The standard InChI is InChI=1S/C17H14Cl2N4O2/c18-11-4-3-10-13(22-7-5-20-9-22)8-14(21-16(10)15(11)19)23-6-1-2-12(23)17(24)25/h3-5,7-9,12H,1-2,6H2,(H,24,25)/t12-/m1/s1. The molecule has 1 aliphatic rings. The minimum Gasteiger partial charge on any atom is -0.480 e. The lowest BCUT2D eigenvalue weighted by molar-refractivity contribution is -0.138. The van der Waals surface area contributed by atoms with Gasteiger partial charge in [-0.2, -0.15) is 0 Å². The summed E-state index contributed by atoms with van der Waals surface area (Å²) in [7, 11) is 0. The fourth-order valence-corrected chi connectivity index (χ4v) is 3.62. The number of anilines is 1. The Balaban J connectivity index is 1.97. The summed E-state index contributed by atoms with van der Waals surface area (Å²) < 4.78 is 1.85. The first kappa shape index (κ1) is 16.2. The molecule has 8 heteroatoms. The van der Waals surface area contributed by atoms with Gasteiger partial charge in [-0.05, 0) is 25.0 Å². The summed E-state index contributed by atoms with van der Waals surface area (Å²) in [5, 5.41) is 11.1. The average molecular weight is 377 g/mol. The Hall–Kier alpha value is -2.31. The molecule has 1 atom stereocenters. The maximum Gasteiger partial charge on any atom is 0.326 e. The van der Waals surface area contributed by atoms with Crippen LogP contribution in [-0.2, 0) is 4.79 Å². The SMILES string of the molecule is O=C(O)[C@H]1CCCN1c1cc(-n2ccnc2)c2ccc(Cl)c(Cl)c2n1. The van der Waals surface area contributed by atoms with Crippen LogP contribution in [0.25, 0.3) is 16.6 Å². The van der Waals surface area contributed by atoms with Gasteiger partial charge in [0.05, 0.1) is 27.6 Å². The summed E-state index contributed by atoms with van der Waals surface area (Å²) in [5.74, 6) is -0.272. The van der Waals surface area contributed by atoms with E-state index < -0.39 is 12.0 Å². The van der Waals surface area contributed by atoms with Crippen molar-refractivity contribution in [3.63, 3.8) is 0 Å². The van der Waals surface area contributed by atoms with Crippen LogP contribution in [0.2, 0.25) is 10.0 Å². The second-order valence-corrected chi connectivity index (χ2v) is 6.70. The maximum atomic E-state index is 11.6. The maximum absolute atomic E-state index is 11.6. The Labute approximate surface area is 153 Å². The largest absolute Gasteiger partial charge is 0.480 e. The number of pyridine rings is 1. The van der Waals surface area contributed by atoms with Crippen molar-refractivity contribution >= 4 is 45.9 Å². The van der Waals surface area contributed by atoms with Crippen LogP contribution in [0.4, 0.5) is 5.82 Å². The first-order chi connectivity index (χ1) is 12.1. The first-order valence-corrected chi connectivity index (χ1v) is 8.58. The van der Waals surface area contributed by atoms with E-state index in [2.05, 4.69) is 9.97 Å². The molecule has 0 radical (unpaired) electrons. The van der Waals surface area contributed by atoms with Crippen LogP contribution in [-0.4, -0.2) is 38.2 Å². The van der Waals surface area contributed by atoms with E-state index >= 15 is 0 Å². The van der Waals surface area contributed by atoms with Crippen LogP contribution >= 0.6 is 23.2 Å². The van der Waals surface area contributed by atoms with Gasteiger partial charge in [0, 0.05) is 30.4 Å². The number of aliphatic carboxylic acids is 1. The molecule has 3 heterocycles. The highest BCUT2D eigenvalue weighted by Crippen LogP contribution is 2.36. The molecule has 0 unspecified atom stereocenters. The van der Waals surface area contributed by atoms with Crippen molar-refractivity contribution in [1.29, 1.82) is 0 Å². The molecule has 0 saturated carbocycles. The van der Waals surface area contributed by atoms with Crippen LogP contribution in [0, 0.1) is 0 Å². The molecule has 0 bridgehead atoms. The average Bonchev–Trinajstić information content (AvgIpc) is 3.28. The molecule has 1 fully saturated rings. The van der Waals surface area contributed by atoms with Crippen molar-refractivity contribution in [3.05, 3.63) is 47.0 Å². The fraction of sp³-hybridized carbons (Fsp3) is 0.235. The lowest BCUT2D eigenvalue weighted by Crippen LogP contribution is -2.36. The van der Waals surface area contributed by atoms with Crippen molar-refractivity contribution in [2.24, 2.45) is 0 Å². The molecule has 1 saturated heterocycles. The van der Waals surface area contributed by atoms with E-state index in [0.29, 0.717) is 34.3 Å². The Morgan fingerprint density at radius 3 is 2.88 bits per heavy atom. The van der Waals surface area contributed by atoms with E-state index in [0.717, 1.165) is 17.5 Å². The number of benzene rings is 1. The van der Waals surface area contributed by atoms with Gasteiger partial charge in [0.1, 0.15) is 11.9 Å². The topological polar surface area (TPSA) is 71.2 Å². The number of rotatable bonds is 3. The second kappa shape index (κ2) is 6.20. The molecule has 2 aromatic heterocycles. The van der Waals surface area contributed by atoms with E-state index in [4.69, 9.17) is 23.2 Å². The molecular weight excluding hydrogens is 363 g/mol. The number of fused-ring (bicyclic) bond motifs is 1. The number of imidazole rings is 1. The van der Waals surface area contributed by atoms with E-state index in [1.165, 1.54) is 0 Å². The van der Waals surface area contributed by atoms with Crippen molar-refractivity contribution in [2.75, 3.05) is 11.4 Å². The van der Waals surface area contributed by atoms with Crippen LogP contribution < -0.4 is 4.90 Å². The van der Waals surface area contributed by atoms with Crippen LogP contribution in [0.3, 0.4) is 0 Å². The monoisotopic (exact) mass is 376 g/mol. The minimum atomic E-state index is -0.847. The number of nitrogens with zero attached hydrogens (tertiary/aromatic N) is 4. The number of hydrogen-bond acceptors (Lipinski definition) is 4. The van der Waals surface area contributed by atoms with Gasteiger partial charge in [0.25, 0.3) is 0 Å². The Morgan fingerprint density at radius 2 is 2.16 bits per heavy atom. The van der Waals surface area contributed by atoms with Gasteiger partial charge in [-0.25, -0.2) is 14.8 Å². The van der Waals surface area contributed by atoms with Gasteiger partial charge in [0.2, 0.25) is 0 Å². The van der Waals surface area contributed by atoms with Crippen LogP contribution in [0.15, 0.2) is 36.9 Å². The van der Waals surface area contributed by atoms with Crippen molar-refractivity contribution in [1.82, 2.24) is 14.5 Å². The molecule has 0 aliphatic carbocycles. The van der Waals surface area contributed by atoms with Gasteiger partial charge in [-0.3, -0.25) is 0 Å². The third kappa shape index (κ3) is 2.71. The number of carboxylic acids is 1. The minimum absolute atomic E-state index is 0.355. The molecule has 1 N–H and O–H groups in total. The molecule has 1 aliphatic heterocycles. The molecule has 3 aromatic rings. The summed E-state index contributed by atoms with van der Waals surface area (Å²) >= 11 is 12.5. The number of hydrogen-bond donors (Lipinski definition) is 1. The molecular formula is C17H14Cl2N4O2. The first-order valence-electron chi connectivity index (χ1n) is 7.83. The molecule has 0 spiro atoms. The van der Waals surface area contributed by atoms with E-state index in [-0.39, 0.29) is 0 Å². The molecule has 25 heavy (non-hydrogen) atoms. The highest BCUT2D eigenvalue weighted by atomic mass is 35.5. The molecule has 4 rings (SSSR count). The number of carbonyl (C=O) groups is 1. The van der Waals surface area contributed by atoms with Gasteiger partial charge >= 0.3 is 5.97 Å². The van der Waals surface area contributed by atoms with Gasteiger partial charge in [0.15, 0.2) is 0 Å². The quantitative estimate of drug-likeness (QED) is 0.752. The van der Waals surface area contributed by atoms with E-state index in [9.17, 15) is 9.90 Å².